The zero-order valence-corrected chi connectivity index (χ0v) is 21.7. The predicted octanol–water partition coefficient (Wildman–Crippen LogP) is 3.91. The van der Waals surface area contributed by atoms with Gasteiger partial charge in [0.15, 0.2) is 21.7 Å². The molecule has 0 aliphatic rings. The van der Waals surface area contributed by atoms with Gasteiger partial charge in [-0.3, -0.25) is 9.13 Å². The van der Waals surface area contributed by atoms with Crippen molar-refractivity contribution < 1.29 is 28.2 Å². The van der Waals surface area contributed by atoms with Crippen molar-refractivity contribution in [3.63, 3.8) is 0 Å². The van der Waals surface area contributed by atoms with E-state index in [4.69, 9.17) is 24.5 Å². The Morgan fingerprint density at radius 1 is 1.21 bits per heavy atom. The number of imidazole rings is 1. The second kappa shape index (κ2) is 12.1. The van der Waals surface area contributed by atoms with Crippen molar-refractivity contribution in [3.05, 3.63) is 40.6 Å². The summed E-state index contributed by atoms with van der Waals surface area (Å²) in [7, 11) is -2.39. The number of nitrogen functional groups attached to an aromatic ring is 1. The minimum Gasteiger partial charge on any atom is -0.461 e. The molecule has 0 radical (unpaired) electrons. The molecule has 2 aromatic heterocycles. The second-order valence-electron chi connectivity index (χ2n) is 7.55. The molecular weight excluding hydrogens is 529 g/mol. The molecule has 0 fully saturated rings. The molecular formula is C21H29BrN5O6P. The van der Waals surface area contributed by atoms with Crippen molar-refractivity contribution in [2.45, 2.75) is 39.0 Å². The zero-order chi connectivity index (χ0) is 24.7. The van der Waals surface area contributed by atoms with Crippen LogP contribution in [0.25, 0.3) is 11.2 Å². The van der Waals surface area contributed by atoms with E-state index in [9.17, 15) is 9.46 Å². The standard InChI is InChI=1S/C21H29BrN5O6P/c1-4-14(2)33-34(28,29)13-32-16(15-8-6-5-7-9-15)12-27-19-17(24-20(27)22)18(23)25-21(26-19)31-11-10-30-3/h5-9,14,16H,4,10-13H2,1-3H3,(H,28,29)(H2,23,25,26). The molecule has 1 aromatic carbocycles. The number of anilines is 1. The molecule has 0 saturated heterocycles. The third-order valence-corrected chi connectivity index (χ3v) is 6.72. The molecule has 0 saturated carbocycles. The van der Waals surface area contributed by atoms with E-state index in [2.05, 4.69) is 30.9 Å². The summed E-state index contributed by atoms with van der Waals surface area (Å²) in [6.45, 7) is 4.46. The van der Waals surface area contributed by atoms with Crippen LogP contribution < -0.4 is 10.5 Å². The van der Waals surface area contributed by atoms with Gasteiger partial charge in [0.2, 0.25) is 0 Å². The smallest absolute Gasteiger partial charge is 0.353 e. The van der Waals surface area contributed by atoms with Gasteiger partial charge in [0, 0.05) is 7.11 Å². The maximum absolute atomic E-state index is 12.5. The quantitative estimate of drug-likeness (QED) is 0.180. The number of hydrogen-bond donors (Lipinski definition) is 2. The number of fused-ring (bicyclic) bond motifs is 1. The molecule has 2 heterocycles. The highest BCUT2D eigenvalue weighted by Crippen LogP contribution is 2.45. The SMILES string of the molecule is CCC(C)OP(=O)(O)COC(Cn1c(Br)nc2c(N)nc(OCCOC)nc21)c1ccccc1. The summed E-state index contributed by atoms with van der Waals surface area (Å²) in [6, 6.07) is 9.45. The summed E-state index contributed by atoms with van der Waals surface area (Å²) in [5.41, 5.74) is 7.71. The van der Waals surface area contributed by atoms with Gasteiger partial charge in [-0.25, -0.2) is 4.98 Å². The van der Waals surface area contributed by atoms with Crippen LogP contribution in [0, 0.1) is 0 Å². The highest BCUT2D eigenvalue weighted by atomic mass is 79.9. The first kappa shape index (κ1) is 26.5. The first-order valence-electron chi connectivity index (χ1n) is 10.7. The normalized spacial score (nSPS) is 15.2. The van der Waals surface area contributed by atoms with Gasteiger partial charge in [-0.15, -0.1) is 0 Å². The molecule has 11 nitrogen and oxygen atoms in total. The minimum absolute atomic E-state index is 0.0923. The van der Waals surface area contributed by atoms with Crippen LogP contribution in [0.5, 0.6) is 6.01 Å². The summed E-state index contributed by atoms with van der Waals surface area (Å²) in [4.78, 5) is 23.3. The molecule has 0 spiro atoms. The monoisotopic (exact) mass is 557 g/mol. The van der Waals surface area contributed by atoms with Crippen LogP contribution >= 0.6 is 23.5 Å². The van der Waals surface area contributed by atoms with Crippen molar-refractivity contribution >= 4 is 40.5 Å². The molecule has 3 atom stereocenters. The Morgan fingerprint density at radius 2 is 1.94 bits per heavy atom. The Hall–Kier alpha value is -2.08. The molecule has 0 amide bonds. The van der Waals surface area contributed by atoms with Crippen LogP contribution in [0.3, 0.4) is 0 Å². The molecule has 0 aliphatic carbocycles. The number of nitrogens with two attached hydrogens (primary N) is 1. The lowest BCUT2D eigenvalue weighted by Crippen LogP contribution is -2.16. The number of rotatable bonds is 13. The minimum atomic E-state index is -3.96. The molecule has 0 aliphatic heterocycles. The summed E-state index contributed by atoms with van der Waals surface area (Å²) in [5.74, 6) is 0.163. The number of halogens is 1. The Morgan fingerprint density at radius 3 is 2.62 bits per heavy atom. The third kappa shape index (κ3) is 6.97. The van der Waals surface area contributed by atoms with Gasteiger partial charge in [0.1, 0.15) is 19.1 Å². The van der Waals surface area contributed by atoms with Crippen molar-refractivity contribution in [2.75, 3.05) is 32.4 Å². The van der Waals surface area contributed by atoms with Gasteiger partial charge in [0.25, 0.3) is 0 Å². The number of hydrogen-bond acceptors (Lipinski definition) is 9. The second-order valence-corrected chi connectivity index (χ2v) is 10.0. The molecule has 186 valence electrons. The van der Waals surface area contributed by atoms with E-state index < -0.39 is 20.0 Å². The Bertz CT molecular complexity index is 1130. The van der Waals surface area contributed by atoms with E-state index in [1.54, 1.807) is 18.6 Å². The number of ether oxygens (including phenoxy) is 3. The lowest BCUT2D eigenvalue weighted by Gasteiger charge is -2.22. The van der Waals surface area contributed by atoms with Crippen molar-refractivity contribution in [1.82, 2.24) is 19.5 Å². The Labute approximate surface area is 206 Å². The summed E-state index contributed by atoms with van der Waals surface area (Å²) in [6.07, 6.45) is -0.831. The molecule has 13 heteroatoms. The van der Waals surface area contributed by atoms with Gasteiger partial charge in [-0.1, -0.05) is 37.3 Å². The van der Waals surface area contributed by atoms with Crippen LogP contribution in [-0.2, 0) is 25.1 Å². The van der Waals surface area contributed by atoms with Gasteiger partial charge in [0.05, 0.1) is 19.3 Å². The summed E-state index contributed by atoms with van der Waals surface area (Å²) in [5, 5.41) is 0. The maximum atomic E-state index is 12.5. The summed E-state index contributed by atoms with van der Waals surface area (Å²) >= 11 is 3.45. The number of aromatic nitrogens is 4. The average molecular weight is 558 g/mol. The van der Waals surface area contributed by atoms with Crippen molar-refractivity contribution in [1.29, 1.82) is 0 Å². The highest BCUT2D eigenvalue weighted by molar-refractivity contribution is 9.10. The highest BCUT2D eigenvalue weighted by Gasteiger charge is 2.27. The fraction of sp³-hybridized carbons (Fsp3) is 0.476. The van der Waals surface area contributed by atoms with E-state index in [0.717, 1.165) is 5.56 Å². The van der Waals surface area contributed by atoms with Crippen molar-refractivity contribution in [3.8, 4) is 6.01 Å². The van der Waals surface area contributed by atoms with Crippen LogP contribution in [0.4, 0.5) is 5.82 Å². The average Bonchev–Trinajstić information content (AvgIpc) is 3.12. The molecule has 0 bridgehead atoms. The largest absolute Gasteiger partial charge is 0.461 e. The van der Waals surface area contributed by atoms with Crippen LogP contribution in [0.2, 0.25) is 0 Å². The molecule has 3 unspecified atom stereocenters. The van der Waals surface area contributed by atoms with Crippen molar-refractivity contribution in [2.24, 2.45) is 0 Å². The number of nitrogens with zero attached hydrogens (tertiary/aromatic N) is 4. The Balaban J connectivity index is 1.90. The van der Waals surface area contributed by atoms with Gasteiger partial charge >= 0.3 is 13.6 Å². The number of benzene rings is 1. The van der Waals surface area contributed by atoms with E-state index in [1.807, 2.05) is 37.3 Å². The zero-order valence-electron chi connectivity index (χ0n) is 19.3. The topological polar surface area (TPSA) is 144 Å². The van der Waals surface area contributed by atoms with Crippen LogP contribution in [-0.4, -0.2) is 57.2 Å². The van der Waals surface area contributed by atoms with E-state index in [0.29, 0.717) is 28.9 Å². The van der Waals surface area contributed by atoms with Crippen LogP contribution in [0.15, 0.2) is 35.1 Å². The van der Waals surface area contributed by atoms with E-state index in [-0.39, 0.29) is 31.1 Å². The maximum Gasteiger partial charge on any atom is 0.353 e. The molecule has 3 aromatic rings. The third-order valence-electron chi connectivity index (χ3n) is 4.95. The lowest BCUT2D eigenvalue weighted by molar-refractivity contribution is 0.0533. The lowest BCUT2D eigenvalue weighted by atomic mass is 10.1. The van der Waals surface area contributed by atoms with E-state index in [1.165, 1.54) is 0 Å². The first-order chi connectivity index (χ1) is 16.2. The van der Waals surface area contributed by atoms with Gasteiger partial charge in [-0.2, -0.15) is 9.97 Å². The number of methoxy groups -OCH3 is 1. The predicted molar refractivity (Wildman–Crippen MR) is 131 cm³/mol. The van der Waals surface area contributed by atoms with Gasteiger partial charge in [-0.05, 0) is 34.8 Å². The van der Waals surface area contributed by atoms with Crippen LogP contribution in [0.1, 0.15) is 31.9 Å². The van der Waals surface area contributed by atoms with E-state index >= 15 is 0 Å². The molecule has 34 heavy (non-hydrogen) atoms. The fourth-order valence-corrected chi connectivity index (χ4v) is 4.71. The fourth-order valence-electron chi connectivity index (χ4n) is 3.08. The Kier molecular flexibility index (Phi) is 9.40. The molecule has 3 rings (SSSR count). The van der Waals surface area contributed by atoms with Gasteiger partial charge < -0.3 is 29.4 Å². The summed E-state index contributed by atoms with van der Waals surface area (Å²) < 4.78 is 36.4. The molecule has 3 N–H and O–H groups in total. The first-order valence-corrected chi connectivity index (χ1v) is 13.3.